The summed E-state index contributed by atoms with van der Waals surface area (Å²) in [5.74, 6) is 0.453. The number of fused-ring (bicyclic) bond motifs is 4. The van der Waals surface area contributed by atoms with E-state index in [4.69, 9.17) is 14.2 Å². The molecule has 0 radical (unpaired) electrons. The van der Waals surface area contributed by atoms with Crippen LogP contribution in [0.25, 0.3) is 22.2 Å². The van der Waals surface area contributed by atoms with Gasteiger partial charge in [-0.15, -0.1) is 0 Å². The van der Waals surface area contributed by atoms with Gasteiger partial charge in [-0.05, 0) is 65.8 Å². The number of rotatable bonds is 11. The van der Waals surface area contributed by atoms with Crippen LogP contribution in [0.2, 0.25) is 0 Å². The highest BCUT2D eigenvalue weighted by Crippen LogP contribution is 2.50. The summed E-state index contributed by atoms with van der Waals surface area (Å²) in [5, 5.41) is 8.98. The van der Waals surface area contributed by atoms with Crippen molar-refractivity contribution in [3.63, 3.8) is 0 Å². The summed E-state index contributed by atoms with van der Waals surface area (Å²) in [5.41, 5.74) is 2.26. The fraction of sp³-hybridized carbons (Fsp3) is 0.361. The Labute approximate surface area is 282 Å². The zero-order chi connectivity index (χ0) is 35.4. The van der Waals surface area contributed by atoms with Crippen LogP contribution in [0.4, 0.5) is 5.69 Å². The number of H-pyrrole nitrogens is 1. The lowest BCUT2D eigenvalue weighted by Gasteiger charge is -2.22. The van der Waals surface area contributed by atoms with Crippen LogP contribution in [-0.2, 0) is 22.6 Å². The number of benzene rings is 2. The van der Waals surface area contributed by atoms with Crippen LogP contribution in [0.5, 0.6) is 17.2 Å². The second-order valence-electron chi connectivity index (χ2n) is 12.2. The number of para-hydroxylation sites is 2. The molecule has 1 aliphatic carbocycles. The van der Waals surface area contributed by atoms with Crippen LogP contribution in [0.1, 0.15) is 44.4 Å². The van der Waals surface area contributed by atoms with Gasteiger partial charge in [-0.1, -0.05) is 32.0 Å². The maximum atomic E-state index is 13.8. The Balaban J connectivity index is 1.49. The Morgan fingerprint density at radius 3 is 2.39 bits per heavy atom. The van der Waals surface area contributed by atoms with E-state index in [1.54, 1.807) is 43.5 Å². The molecule has 1 aromatic heterocycles. The Kier molecular flexibility index (Phi) is 10.4. The second kappa shape index (κ2) is 14.7. The molecule has 13 heteroatoms. The van der Waals surface area contributed by atoms with E-state index in [0.717, 1.165) is 5.56 Å². The fourth-order valence-electron chi connectivity index (χ4n) is 6.37. The number of hydrogen-bond acceptors (Lipinski definition) is 9. The van der Waals surface area contributed by atoms with Crippen LogP contribution in [0, 0.1) is 5.92 Å². The first-order valence-corrected chi connectivity index (χ1v) is 16.0. The smallest absolute Gasteiger partial charge is 0.316 e. The molecule has 3 aromatic carbocycles. The summed E-state index contributed by atoms with van der Waals surface area (Å²) >= 11 is 0. The number of aromatic nitrogens is 2. The van der Waals surface area contributed by atoms with Gasteiger partial charge in [0.1, 0.15) is 6.04 Å². The van der Waals surface area contributed by atoms with Gasteiger partial charge in [0.25, 0.3) is 0 Å². The summed E-state index contributed by atoms with van der Waals surface area (Å²) in [7, 11) is 4.59. The number of methoxy groups -OCH3 is 3. The van der Waals surface area contributed by atoms with Gasteiger partial charge < -0.3 is 39.7 Å². The molecule has 0 spiro atoms. The molecular weight excluding hydrogens is 630 g/mol. The van der Waals surface area contributed by atoms with Gasteiger partial charge in [-0.2, -0.15) is 0 Å². The molecule has 5 rings (SSSR count). The summed E-state index contributed by atoms with van der Waals surface area (Å²) in [6.07, 6.45) is 1.07. The van der Waals surface area contributed by atoms with E-state index in [1.807, 2.05) is 19.9 Å². The third-order valence-electron chi connectivity index (χ3n) is 8.69. The summed E-state index contributed by atoms with van der Waals surface area (Å²) in [6.45, 7) is 5.27. The molecule has 49 heavy (non-hydrogen) atoms. The lowest BCUT2D eigenvalue weighted by atomic mass is 9.95. The lowest BCUT2D eigenvalue weighted by Crippen LogP contribution is -2.45. The predicted octanol–water partition coefficient (Wildman–Crippen LogP) is 3.12. The normalized spacial score (nSPS) is 14.2. The van der Waals surface area contributed by atoms with Crippen molar-refractivity contribution in [2.75, 3.05) is 33.2 Å². The van der Waals surface area contributed by atoms with E-state index >= 15 is 0 Å². The molecule has 4 aromatic rings. The van der Waals surface area contributed by atoms with Crippen LogP contribution >= 0.6 is 0 Å². The highest BCUT2D eigenvalue weighted by Gasteiger charge is 2.30. The van der Waals surface area contributed by atoms with E-state index in [9.17, 15) is 24.0 Å². The predicted molar refractivity (Wildman–Crippen MR) is 187 cm³/mol. The van der Waals surface area contributed by atoms with Crippen molar-refractivity contribution in [3.05, 3.63) is 90.6 Å². The van der Waals surface area contributed by atoms with Gasteiger partial charge >= 0.3 is 11.1 Å². The van der Waals surface area contributed by atoms with Crippen molar-refractivity contribution in [2.45, 2.75) is 52.2 Å². The SMILES string of the molecule is COc1cc2c(c(OC)c1OC)-c1ccc(N[C@@H](C(=O)NCCn3c(=O)c(=O)[nH]c4ccccc43)C(C)C)c(=O)cc1[C@H](NC(C)=O)CC2. The second-order valence-corrected chi connectivity index (χ2v) is 12.2. The highest BCUT2D eigenvalue weighted by molar-refractivity contribution is 5.86. The number of nitrogens with zero attached hydrogens (tertiary/aromatic N) is 1. The van der Waals surface area contributed by atoms with Gasteiger partial charge in [0, 0.05) is 25.6 Å². The number of hydrogen-bond donors (Lipinski definition) is 4. The topological polar surface area (TPSA) is 170 Å². The van der Waals surface area contributed by atoms with Crippen molar-refractivity contribution in [1.29, 1.82) is 0 Å². The quantitative estimate of drug-likeness (QED) is 0.175. The number of aryl methyl sites for hydroxylation is 1. The number of nitrogens with one attached hydrogen (secondary N) is 4. The van der Waals surface area contributed by atoms with Gasteiger partial charge in [0.05, 0.1) is 44.1 Å². The number of aromatic amines is 1. The molecule has 0 unspecified atom stereocenters. The van der Waals surface area contributed by atoms with Gasteiger partial charge in [-0.3, -0.25) is 24.0 Å². The van der Waals surface area contributed by atoms with E-state index in [2.05, 4.69) is 20.9 Å². The monoisotopic (exact) mass is 671 g/mol. The van der Waals surface area contributed by atoms with Gasteiger partial charge in [0.2, 0.25) is 23.0 Å². The number of carbonyl (C=O) groups excluding carboxylic acids is 2. The lowest BCUT2D eigenvalue weighted by molar-refractivity contribution is -0.122. The molecule has 2 atom stereocenters. The standard InChI is InChI=1S/C36H41N5O8/c1-19(2)31(34(44)37-15-16-41-27-10-8-7-9-25(27)40-35(45)36(41)46)39-26-14-12-22-23(18-28(26)43)24(38-20(3)42)13-11-21-17-29(47-4)32(48-5)33(49-6)30(21)22/h7-10,12,14,17-19,24,31H,11,13,15-16H2,1-6H3,(H,37,44)(H,38,42)(H,39,43)(H,40,45)/t24-,31-/m1/s1. The van der Waals surface area contributed by atoms with E-state index in [0.29, 0.717) is 57.8 Å². The number of ether oxygens (including phenoxy) is 3. The number of carbonyl (C=O) groups is 2. The average Bonchev–Trinajstić information content (AvgIpc) is 3.31. The molecule has 0 bridgehead atoms. The molecule has 2 amide bonds. The third-order valence-corrected chi connectivity index (χ3v) is 8.69. The molecule has 0 aliphatic heterocycles. The van der Waals surface area contributed by atoms with Crippen LogP contribution in [0.15, 0.2) is 62.9 Å². The summed E-state index contributed by atoms with van der Waals surface area (Å²) in [4.78, 5) is 67.0. The minimum Gasteiger partial charge on any atom is -0.493 e. The molecule has 1 heterocycles. The third kappa shape index (κ3) is 7.01. The van der Waals surface area contributed by atoms with Crippen LogP contribution in [-0.4, -0.2) is 55.3 Å². The molecule has 4 N–H and O–H groups in total. The number of amides is 2. The largest absolute Gasteiger partial charge is 0.493 e. The Morgan fingerprint density at radius 1 is 0.980 bits per heavy atom. The summed E-state index contributed by atoms with van der Waals surface area (Å²) in [6, 6.07) is 12.4. The first-order chi connectivity index (χ1) is 23.5. The molecule has 1 aliphatic rings. The first kappa shape index (κ1) is 34.7. The molecule has 0 saturated carbocycles. The maximum Gasteiger partial charge on any atom is 0.316 e. The van der Waals surface area contributed by atoms with Gasteiger partial charge in [-0.25, -0.2) is 0 Å². The van der Waals surface area contributed by atoms with Crippen molar-refractivity contribution in [3.8, 4) is 28.4 Å². The van der Waals surface area contributed by atoms with Crippen molar-refractivity contribution < 1.29 is 23.8 Å². The summed E-state index contributed by atoms with van der Waals surface area (Å²) < 4.78 is 18.4. The van der Waals surface area contributed by atoms with E-state index < -0.39 is 23.2 Å². The minimum atomic E-state index is -0.820. The van der Waals surface area contributed by atoms with E-state index in [-0.39, 0.29) is 41.9 Å². The van der Waals surface area contributed by atoms with Crippen molar-refractivity contribution in [1.82, 2.24) is 20.2 Å². The minimum absolute atomic E-state index is 0.0679. The zero-order valence-corrected chi connectivity index (χ0v) is 28.4. The first-order valence-electron chi connectivity index (χ1n) is 16.0. The van der Waals surface area contributed by atoms with Crippen molar-refractivity contribution >= 4 is 28.5 Å². The van der Waals surface area contributed by atoms with Gasteiger partial charge in [0.15, 0.2) is 11.5 Å². The molecular formula is C36H41N5O8. The Morgan fingerprint density at radius 2 is 1.71 bits per heavy atom. The Bertz CT molecular complexity index is 2090. The number of anilines is 1. The van der Waals surface area contributed by atoms with Crippen LogP contribution < -0.4 is 46.7 Å². The zero-order valence-electron chi connectivity index (χ0n) is 28.4. The molecule has 258 valence electrons. The highest BCUT2D eigenvalue weighted by atomic mass is 16.5. The van der Waals surface area contributed by atoms with Crippen LogP contribution in [0.3, 0.4) is 0 Å². The molecule has 0 saturated heterocycles. The average molecular weight is 672 g/mol. The Hall–Kier alpha value is -5.59. The molecule has 0 fully saturated rings. The maximum absolute atomic E-state index is 13.8. The fourth-order valence-corrected chi connectivity index (χ4v) is 6.37. The molecule has 13 nitrogen and oxygen atoms in total. The van der Waals surface area contributed by atoms with E-state index in [1.165, 1.54) is 31.8 Å². The van der Waals surface area contributed by atoms with Crippen molar-refractivity contribution in [2.24, 2.45) is 5.92 Å².